The molecule has 2 aliphatic carbocycles. The molecule has 0 radical (unpaired) electrons. The quantitative estimate of drug-likeness (QED) is 0.466. The zero-order chi connectivity index (χ0) is 16.3. The predicted molar refractivity (Wildman–Crippen MR) is 98.8 cm³/mol. The van der Waals surface area contributed by atoms with Crippen molar-refractivity contribution in [2.75, 3.05) is 0 Å². The van der Waals surface area contributed by atoms with Crippen molar-refractivity contribution in [1.29, 1.82) is 0 Å². The maximum atomic E-state index is 2.59. The number of allylic oxidation sites excluding steroid dienone is 2. The van der Waals surface area contributed by atoms with Gasteiger partial charge in [-0.05, 0) is 62.7 Å². The van der Waals surface area contributed by atoms with Gasteiger partial charge in [0.1, 0.15) is 0 Å². The molecule has 21 heavy (non-hydrogen) atoms. The fraction of sp³-hybridized carbons (Fsp3) is 0.905. The maximum Gasteiger partial charge on any atom is -0.0147 e. The van der Waals surface area contributed by atoms with Crippen molar-refractivity contribution in [2.24, 2.45) is 17.3 Å². The fourth-order valence-corrected chi connectivity index (χ4v) is 4.42. The highest BCUT2D eigenvalue weighted by Crippen LogP contribution is 2.58. The Hall–Kier alpha value is -0.260. The summed E-state index contributed by atoms with van der Waals surface area (Å²) in [7, 11) is 0. The molecule has 3 atom stereocenters. The lowest BCUT2D eigenvalue weighted by Crippen LogP contribution is -2.33. The summed E-state index contributed by atoms with van der Waals surface area (Å²) in [4.78, 5) is 0. The molecule has 0 amide bonds. The van der Waals surface area contributed by atoms with E-state index in [-0.39, 0.29) is 0 Å². The van der Waals surface area contributed by atoms with E-state index in [2.05, 4.69) is 40.7 Å². The van der Waals surface area contributed by atoms with Gasteiger partial charge >= 0.3 is 0 Å². The molecular formula is C21H42. The Morgan fingerprint density at radius 2 is 1.76 bits per heavy atom. The van der Waals surface area contributed by atoms with E-state index in [1.54, 1.807) is 5.57 Å². The van der Waals surface area contributed by atoms with Crippen molar-refractivity contribution in [3.05, 3.63) is 11.6 Å². The lowest BCUT2D eigenvalue weighted by molar-refractivity contribution is 0.127. The van der Waals surface area contributed by atoms with Gasteiger partial charge in [-0.25, -0.2) is 0 Å². The molecule has 0 aromatic heterocycles. The molecule has 0 aromatic rings. The molecule has 2 saturated carbocycles. The zero-order valence-electron chi connectivity index (χ0n) is 16.1. The summed E-state index contributed by atoms with van der Waals surface area (Å²) in [5.41, 5.74) is 2.45. The van der Waals surface area contributed by atoms with Crippen LogP contribution in [0.2, 0.25) is 0 Å². The summed E-state index contributed by atoms with van der Waals surface area (Å²) in [5, 5.41) is 0. The Kier molecular flexibility index (Phi) is 11.2. The lowest BCUT2D eigenvalue weighted by atomic mass is 9.63. The highest BCUT2D eigenvalue weighted by molar-refractivity contribution is 5.17. The third kappa shape index (κ3) is 5.46. The van der Waals surface area contributed by atoms with Crippen LogP contribution < -0.4 is 0 Å². The average molecular weight is 295 g/mol. The third-order valence-corrected chi connectivity index (χ3v) is 5.44. The average Bonchev–Trinajstić information content (AvgIpc) is 2.84. The summed E-state index contributed by atoms with van der Waals surface area (Å²) >= 11 is 0. The first kappa shape index (κ1) is 20.7. The van der Waals surface area contributed by atoms with Gasteiger partial charge in [-0.1, -0.05) is 72.5 Å². The number of hydrogen-bond acceptors (Lipinski definition) is 0. The molecule has 2 rings (SSSR count). The van der Waals surface area contributed by atoms with Gasteiger partial charge in [-0.2, -0.15) is 0 Å². The molecule has 126 valence electrons. The first-order valence-electron chi connectivity index (χ1n) is 9.79. The molecule has 0 heterocycles. The Morgan fingerprint density at radius 1 is 1.14 bits per heavy atom. The van der Waals surface area contributed by atoms with Gasteiger partial charge in [-0.3, -0.25) is 0 Å². The van der Waals surface area contributed by atoms with E-state index >= 15 is 0 Å². The minimum absolute atomic E-state index is 0.662. The van der Waals surface area contributed by atoms with E-state index < -0.39 is 0 Å². The Bertz CT molecular complexity index is 276. The summed E-state index contributed by atoms with van der Waals surface area (Å²) in [6.07, 6.45) is 15.3. The van der Waals surface area contributed by atoms with Crippen molar-refractivity contribution in [2.45, 2.75) is 106 Å². The van der Waals surface area contributed by atoms with E-state index in [4.69, 9.17) is 0 Å². The molecule has 0 nitrogen and oxygen atoms in total. The van der Waals surface area contributed by atoms with Crippen molar-refractivity contribution in [3.63, 3.8) is 0 Å². The number of hydrogen-bond donors (Lipinski definition) is 0. The van der Waals surface area contributed by atoms with Gasteiger partial charge in [0.05, 0.1) is 0 Å². The first-order chi connectivity index (χ1) is 10.1. The number of fused-ring (bicyclic) bond motifs is 1. The highest BCUT2D eigenvalue weighted by atomic mass is 14.5. The molecule has 2 aliphatic rings. The number of rotatable bonds is 3. The van der Waals surface area contributed by atoms with Crippen LogP contribution in [0.25, 0.3) is 0 Å². The molecule has 2 fully saturated rings. The van der Waals surface area contributed by atoms with Crippen LogP contribution in [0.15, 0.2) is 11.6 Å². The third-order valence-electron chi connectivity index (χ3n) is 5.44. The van der Waals surface area contributed by atoms with E-state index in [9.17, 15) is 0 Å². The second-order valence-electron chi connectivity index (χ2n) is 6.90. The smallest absolute Gasteiger partial charge is 0.0147 e. The summed E-state index contributed by atoms with van der Waals surface area (Å²) in [6.45, 7) is 15.4. The van der Waals surface area contributed by atoms with Gasteiger partial charge in [0.2, 0.25) is 0 Å². The van der Waals surface area contributed by atoms with Crippen LogP contribution in [0, 0.1) is 17.3 Å². The second-order valence-corrected chi connectivity index (χ2v) is 6.90. The van der Waals surface area contributed by atoms with Crippen LogP contribution in [0.4, 0.5) is 0 Å². The normalized spacial score (nSPS) is 32.6. The van der Waals surface area contributed by atoms with Crippen LogP contribution in [0.5, 0.6) is 0 Å². The van der Waals surface area contributed by atoms with E-state index in [0.717, 1.165) is 11.8 Å². The molecule has 0 aromatic carbocycles. The topological polar surface area (TPSA) is 0 Å². The molecular weight excluding hydrogens is 252 g/mol. The fourth-order valence-electron chi connectivity index (χ4n) is 4.42. The zero-order valence-corrected chi connectivity index (χ0v) is 16.1. The van der Waals surface area contributed by atoms with Crippen LogP contribution in [0.3, 0.4) is 0 Å². The van der Waals surface area contributed by atoms with Gasteiger partial charge in [0, 0.05) is 0 Å². The van der Waals surface area contributed by atoms with Crippen molar-refractivity contribution in [3.8, 4) is 0 Å². The monoisotopic (exact) mass is 294 g/mol. The summed E-state index contributed by atoms with van der Waals surface area (Å²) < 4.78 is 0. The van der Waals surface area contributed by atoms with Crippen molar-refractivity contribution >= 4 is 0 Å². The predicted octanol–water partition coefficient (Wildman–Crippen LogP) is 7.78. The molecule has 3 unspecified atom stereocenters. The molecule has 0 aliphatic heterocycles. The second kappa shape index (κ2) is 11.3. The molecule has 0 saturated heterocycles. The minimum atomic E-state index is 0.662. The van der Waals surface area contributed by atoms with E-state index in [1.165, 1.54) is 57.8 Å². The summed E-state index contributed by atoms with van der Waals surface area (Å²) in [6, 6.07) is 0. The largest absolute Gasteiger partial charge is 0.0882 e. The van der Waals surface area contributed by atoms with Crippen LogP contribution in [-0.4, -0.2) is 0 Å². The molecule has 0 spiro atoms. The van der Waals surface area contributed by atoms with E-state index in [1.807, 2.05) is 13.8 Å². The molecule has 0 bridgehead atoms. The molecule has 0 N–H and O–H groups in total. The van der Waals surface area contributed by atoms with Gasteiger partial charge in [0.15, 0.2) is 0 Å². The standard InChI is InChI=1S/C16H28.C3H8.C2H6/c1-4-6-9-14-10-11-15-13(5-2)8-7-12-16(14,15)3;1-3-2;1-2/h5,14-15H,4,6-12H2,1-3H3;3H2,1-2H3;1-2H3/b13-5+;;. The molecule has 0 heteroatoms. The van der Waals surface area contributed by atoms with Crippen LogP contribution >= 0.6 is 0 Å². The Labute approximate surface area is 135 Å². The lowest BCUT2D eigenvalue weighted by Gasteiger charge is -2.42. The van der Waals surface area contributed by atoms with Gasteiger partial charge in [-0.15, -0.1) is 0 Å². The van der Waals surface area contributed by atoms with Crippen molar-refractivity contribution in [1.82, 2.24) is 0 Å². The van der Waals surface area contributed by atoms with E-state index in [0.29, 0.717) is 5.41 Å². The number of unbranched alkanes of at least 4 members (excludes halogenated alkanes) is 1. The Balaban J connectivity index is 0.000000713. The highest BCUT2D eigenvalue weighted by Gasteiger charge is 2.48. The van der Waals surface area contributed by atoms with Crippen molar-refractivity contribution < 1.29 is 0 Å². The summed E-state index contributed by atoms with van der Waals surface area (Å²) in [5.74, 6) is 1.96. The maximum absolute atomic E-state index is 2.59. The minimum Gasteiger partial charge on any atom is -0.0882 e. The van der Waals surface area contributed by atoms with Gasteiger partial charge in [0.25, 0.3) is 0 Å². The SMILES string of the molecule is C/C=C1\CCCC2(C)C(CCCC)CCC12.CC.CCC. The van der Waals surface area contributed by atoms with Crippen LogP contribution in [-0.2, 0) is 0 Å². The first-order valence-corrected chi connectivity index (χ1v) is 9.79. The van der Waals surface area contributed by atoms with Crippen LogP contribution in [0.1, 0.15) is 106 Å². The Morgan fingerprint density at radius 3 is 2.29 bits per heavy atom. The van der Waals surface area contributed by atoms with Gasteiger partial charge < -0.3 is 0 Å².